The van der Waals surface area contributed by atoms with Gasteiger partial charge in [-0.15, -0.1) is 0 Å². The molecule has 0 aromatic heterocycles. The minimum atomic E-state index is -0.165. The number of phenols is 1. The molecule has 3 aromatic carbocycles. The van der Waals surface area contributed by atoms with E-state index in [-0.39, 0.29) is 11.7 Å². The number of benzene rings is 3. The Bertz CT molecular complexity index is 1100. The molecule has 0 saturated carbocycles. The fourth-order valence-electron chi connectivity index (χ4n) is 2.79. The molecule has 7 heteroatoms. The molecule has 3 rings (SSSR count). The zero-order chi connectivity index (χ0) is 21.7. The van der Waals surface area contributed by atoms with Gasteiger partial charge in [0.05, 0.1) is 17.9 Å². The zero-order valence-corrected chi connectivity index (χ0v) is 19.6. The maximum Gasteiger partial charge on any atom is 0.255 e. The van der Waals surface area contributed by atoms with Gasteiger partial charge in [-0.2, -0.15) is 0 Å². The molecular formula is C23H20Br2N2O3. The molecule has 154 valence electrons. The van der Waals surface area contributed by atoms with Gasteiger partial charge in [0, 0.05) is 26.4 Å². The van der Waals surface area contributed by atoms with Crippen molar-refractivity contribution >= 4 is 55.4 Å². The van der Waals surface area contributed by atoms with E-state index >= 15 is 0 Å². The van der Waals surface area contributed by atoms with E-state index in [0.29, 0.717) is 39.3 Å². The van der Waals surface area contributed by atoms with Gasteiger partial charge >= 0.3 is 0 Å². The van der Waals surface area contributed by atoms with Crippen LogP contribution in [0.2, 0.25) is 0 Å². The number of carbonyl (C=O) groups is 1. The van der Waals surface area contributed by atoms with Crippen molar-refractivity contribution < 1.29 is 14.6 Å². The molecule has 0 saturated heterocycles. The highest BCUT2D eigenvalue weighted by Crippen LogP contribution is 2.40. The number of carbonyl (C=O) groups excluding carboxylic acids is 1. The molecular weight excluding hydrogens is 512 g/mol. The van der Waals surface area contributed by atoms with Crippen molar-refractivity contribution in [3.8, 4) is 11.5 Å². The highest BCUT2D eigenvalue weighted by Gasteiger charge is 2.15. The van der Waals surface area contributed by atoms with Gasteiger partial charge in [-0.3, -0.25) is 9.79 Å². The van der Waals surface area contributed by atoms with E-state index < -0.39 is 0 Å². The molecule has 0 aliphatic rings. The third-order valence-electron chi connectivity index (χ3n) is 4.33. The lowest BCUT2D eigenvalue weighted by Crippen LogP contribution is -2.12. The van der Waals surface area contributed by atoms with Crippen molar-refractivity contribution in [2.24, 2.45) is 4.99 Å². The monoisotopic (exact) mass is 530 g/mol. The fourth-order valence-corrected chi connectivity index (χ4v) is 3.61. The average molecular weight is 532 g/mol. The van der Waals surface area contributed by atoms with Crippen LogP contribution in [-0.4, -0.2) is 23.8 Å². The Balaban J connectivity index is 1.83. The number of hydrogen-bond donors (Lipinski definition) is 2. The predicted octanol–water partition coefficient (Wildman–Crippen LogP) is 6.63. The van der Waals surface area contributed by atoms with Crippen LogP contribution >= 0.6 is 31.9 Å². The summed E-state index contributed by atoms with van der Waals surface area (Å²) in [5.41, 5.74) is 3.38. The summed E-state index contributed by atoms with van der Waals surface area (Å²) >= 11 is 6.91. The number of amides is 1. The van der Waals surface area contributed by atoms with Gasteiger partial charge in [0.25, 0.3) is 5.91 Å². The summed E-state index contributed by atoms with van der Waals surface area (Å²) in [5, 5.41) is 13.4. The Morgan fingerprint density at radius 2 is 1.90 bits per heavy atom. The van der Waals surface area contributed by atoms with Gasteiger partial charge in [0.2, 0.25) is 0 Å². The number of ether oxygens (including phenoxy) is 1. The third kappa shape index (κ3) is 5.09. The molecule has 3 aromatic rings. The Hall–Kier alpha value is -2.64. The van der Waals surface area contributed by atoms with Crippen LogP contribution in [0.5, 0.6) is 11.5 Å². The number of hydrogen-bond acceptors (Lipinski definition) is 4. The van der Waals surface area contributed by atoms with Crippen LogP contribution in [-0.2, 0) is 0 Å². The summed E-state index contributed by atoms with van der Waals surface area (Å²) in [6.07, 6.45) is 1.57. The lowest BCUT2D eigenvalue weighted by molar-refractivity contribution is 0.102. The number of aliphatic imine (C=N–C) groups is 1. The first-order valence-corrected chi connectivity index (χ1v) is 10.8. The quantitative estimate of drug-likeness (QED) is 0.351. The van der Waals surface area contributed by atoms with Crippen LogP contribution in [0.4, 0.5) is 11.4 Å². The smallest absolute Gasteiger partial charge is 0.255 e. The molecule has 0 fully saturated rings. The average Bonchev–Trinajstić information content (AvgIpc) is 2.74. The minimum Gasteiger partial charge on any atom is -0.504 e. The topological polar surface area (TPSA) is 70.9 Å². The molecule has 1 amide bonds. The Kier molecular flexibility index (Phi) is 7.29. The van der Waals surface area contributed by atoms with Gasteiger partial charge in [0.1, 0.15) is 0 Å². The second-order valence-corrected chi connectivity index (χ2v) is 8.09. The first-order chi connectivity index (χ1) is 14.4. The Morgan fingerprint density at radius 3 is 2.57 bits per heavy atom. The fraction of sp³-hybridized carbons (Fsp3) is 0.130. The number of aryl methyl sites for hydroxylation is 1. The van der Waals surface area contributed by atoms with Gasteiger partial charge < -0.3 is 15.2 Å². The highest BCUT2D eigenvalue weighted by molar-refractivity contribution is 9.13. The summed E-state index contributed by atoms with van der Waals surface area (Å²) in [6.45, 7) is 4.19. The lowest BCUT2D eigenvalue weighted by atomic mass is 10.1. The van der Waals surface area contributed by atoms with Crippen LogP contribution < -0.4 is 10.1 Å². The van der Waals surface area contributed by atoms with Crippen LogP contribution in [0.15, 0.2) is 68.5 Å². The molecule has 0 unspecified atom stereocenters. The van der Waals surface area contributed by atoms with Crippen molar-refractivity contribution in [1.29, 1.82) is 0 Å². The lowest BCUT2D eigenvalue weighted by Gasteiger charge is -2.11. The first kappa shape index (κ1) is 22.1. The number of nitrogens with zero attached hydrogens (tertiary/aromatic N) is 1. The molecule has 5 nitrogen and oxygen atoms in total. The number of anilines is 1. The van der Waals surface area contributed by atoms with Gasteiger partial charge in [-0.1, -0.05) is 18.2 Å². The normalized spacial score (nSPS) is 10.9. The van der Waals surface area contributed by atoms with E-state index in [1.165, 1.54) is 0 Å². The summed E-state index contributed by atoms with van der Waals surface area (Å²) in [6, 6.07) is 16.2. The zero-order valence-electron chi connectivity index (χ0n) is 16.4. The van der Waals surface area contributed by atoms with Crippen LogP contribution in [0.25, 0.3) is 0 Å². The SMILES string of the molecule is CCOc1cc(Br)c(Br)c(C=Nc2ccc(NC(=O)c3ccccc3)c(C)c2)c1O. The summed E-state index contributed by atoms with van der Waals surface area (Å²) < 4.78 is 6.90. The molecule has 0 aliphatic carbocycles. The molecule has 0 spiro atoms. The van der Waals surface area contributed by atoms with Crippen LogP contribution in [0.3, 0.4) is 0 Å². The van der Waals surface area contributed by atoms with Crippen molar-refractivity contribution in [2.75, 3.05) is 11.9 Å². The van der Waals surface area contributed by atoms with E-state index in [2.05, 4.69) is 42.2 Å². The number of aromatic hydroxyl groups is 1. The Labute approximate surface area is 192 Å². The summed E-state index contributed by atoms with van der Waals surface area (Å²) in [4.78, 5) is 16.8. The molecule has 0 atom stereocenters. The Morgan fingerprint density at radius 1 is 1.17 bits per heavy atom. The van der Waals surface area contributed by atoms with E-state index in [4.69, 9.17) is 4.74 Å². The largest absolute Gasteiger partial charge is 0.504 e. The van der Waals surface area contributed by atoms with E-state index in [9.17, 15) is 9.90 Å². The first-order valence-electron chi connectivity index (χ1n) is 9.25. The molecule has 0 radical (unpaired) electrons. The van der Waals surface area contributed by atoms with Crippen molar-refractivity contribution in [3.63, 3.8) is 0 Å². The summed E-state index contributed by atoms with van der Waals surface area (Å²) in [5.74, 6) is 0.227. The van der Waals surface area contributed by atoms with Gasteiger partial charge in [-0.05, 0) is 87.7 Å². The maximum atomic E-state index is 12.4. The number of nitrogens with one attached hydrogen (secondary N) is 1. The minimum absolute atomic E-state index is 0.0131. The van der Waals surface area contributed by atoms with Crippen LogP contribution in [0.1, 0.15) is 28.4 Å². The molecule has 0 heterocycles. The molecule has 30 heavy (non-hydrogen) atoms. The number of halogens is 2. The maximum absolute atomic E-state index is 12.4. The third-order valence-corrected chi connectivity index (χ3v) is 6.34. The van der Waals surface area contributed by atoms with Crippen molar-refractivity contribution in [1.82, 2.24) is 0 Å². The van der Waals surface area contributed by atoms with E-state index in [1.807, 2.05) is 44.2 Å². The molecule has 2 N–H and O–H groups in total. The van der Waals surface area contributed by atoms with E-state index in [0.717, 1.165) is 10.0 Å². The van der Waals surface area contributed by atoms with Crippen molar-refractivity contribution in [2.45, 2.75) is 13.8 Å². The van der Waals surface area contributed by atoms with Gasteiger partial charge in [0.15, 0.2) is 11.5 Å². The van der Waals surface area contributed by atoms with Gasteiger partial charge in [-0.25, -0.2) is 0 Å². The van der Waals surface area contributed by atoms with Crippen molar-refractivity contribution in [3.05, 3.63) is 80.2 Å². The number of rotatable bonds is 6. The highest BCUT2D eigenvalue weighted by atomic mass is 79.9. The van der Waals surface area contributed by atoms with E-state index in [1.54, 1.807) is 30.5 Å². The predicted molar refractivity (Wildman–Crippen MR) is 128 cm³/mol. The molecule has 0 bridgehead atoms. The second kappa shape index (κ2) is 9.91. The second-order valence-electron chi connectivity index (χ2n) is 6.44. The standard InChI is InChI=1S/C23H20Br2N2O3/c1-3-30-20-12-18(24)21(25)17(22(20)28)13-26-16-9-10-19(14(2)11-16)27-23(29)15-7-5-4-6-8-15/h4-13,28H,3H2,1-2H3,(H,27,29). The number of phenolic OH excluding ortho intramolecular Hbond substituents is 1. The molecule has 0 aliphatic heterocycles. The summed E-state index contributed by atoms with van der Waals surface area (Å²) in [7, 11) is 0. The van der Waals surface area contributed by atoms with Crippen LogP contribution in [0, 0.1) is 6.92 Å².